The van der Waals surface area contributed by atoms with Gasteiger partial charge in [-0.2, -0.15) is 0 Å². The van der Waals surface area contributed by atoms with Crippen LogP contribution >= 0.6 is 11.6 Å². The van der Waals surface area contributed by atoms with E-state index in [2.05, 4.69) is 15.3 Å². The Balaban J connectivity index is 1.66. The van der Waals surface area contributed by atoms with Gasteiger partial charge in [-0.3, -0.25) is 4.79 Å². The van der Waals surface area contributed by atoms with Crippen LogP contribution in [0.25, 0.3) is 0 Å². The molecule has 1 unspecified atom stereocenters. The zero-order valence-corrected chi connectivity index (χ0v) is 13.1. The highest BCUT2D eigenvalue weighted by Crippen LogP contribution is 2.23. The van der Waals surface area contributed by atoms with E-state index in [1.165, 1.54) is 18.2 Å². The molecule has 1 aromatic carbocycles. The van der Waals surface area contributed by atoms with Crippen LogP contribution in [-0.2, 0) is 4.79 Å². The normalized spacial score (nSPS) is 17.8. The fourth-order valence-electron chi connectivity index (χ4n) is 2.65. The molecule has 1 aliphatic heterocycles. The monoisotopic (exact) mass is 334 g/mol. The number of rotatable bonds is 3. The molecule has 1 aromatic heterocycles. The maximum atomic E-state index is 13.2. The minimum atomic E-state index is -0.505. The van der Waals surface area contributed by atoms with Gasteiger partial charge in [-0.15, -0.1) is 0 Å². The van der Waals surface area contributed by atoms with Crippen molar-refractivity contribution in [1.29, 1.82) is 0 Å². The summed E-state index contributed by atoms with van der Waals surface area (Å²) >= 11 is 5.74. The van der Waals surface area contributed by atoms with Crippen LogP contribution in [0.2, 0.25) is 5.02 Å². The fourth-order valence-corrected chi connectivity index (χ4v) is 2.83. The highest BCUT2D eigenvalue weighted by molar-refractivity contribution is 6.31. The van der Waals surface area contributed by atoms with E-state index in [0.29, 0.717) is 18.2 Å². The van der Waals surface area contributed by atoms with E-state index in [0.717, 1.165) is 19.4 Å². The molecule has 3 rings (SSSR count). The van der Waals surface area contributed by atoms with E-state index in [-0.39, 0.29) is 16.8 Å². The van der Waals surface area contributed by atoms with Crippen molar-refractivity contribution in [3.05, 3.63) is 47.5 Å². The van der Waals surface area contributed by atoms with Gasteiger partial charge in [-0.1, -0.05) is 11.6 Å². The lowest BCUT2D eigenvalue weighted by Crippen LogP contribution is -2.41. The van der Waals surface area contributed by atoms with Crippen LogP contribution < -0.4 is 10.2 Å². The third-order valence-corrected chi connectivity index (χ3v) is 4.10. The Morgan fingerprint density at radius 1 is 1.35 bits per heavy atom. The third-order valence-electron chi connectivity index (χ3n) is 3.81. The minimum absolute atomic E-state index is 0.00856. The van der Waals surface area contributed by atoms with Crippen molar-refractivity contribution in [3.63, 3.8) is 0 Å². The number of nitrogens with one attached hydrogen (secondary N) is 1. The smallest absolute Gasteiger partial charge is 0.229 e. The molecular formula is C16H16ClFN4O. The van der Waals surface area contributed by atoms with Crippen LogP contribution in [0.4, 0.5) is 16.0 Å². The lowest BCUT2D eigenvalue weighted by molar-refractivity contribution is -0.120. The maximum absolute atomic E-state index is 13.2. The average Bonchev–Trinajstić information content (AvgIpc) is 2.59. The van der Waals surface area contributed by atoms with E-state index in [1.54, 1.807) is 18.5 Å². The zero-order chi connectivity index (χ0) is 16.2. The van der Waals surface area contributed by atoms with E-state index < -0.39 is 5.82 Å². The second-order valence-electron chi connectivity index (χ2n) is 5.45. The Hall–Kier alpha value is -2.21. The number of carbonyl (C=O) groups is 1. The van der Waals surface area contributed by atoms with E-state index in [4.69, 9.17) is 11.6 Å². The fraction of sp³-hybridized carbons (Fsp3) is 0.312. The number of nitrogens with zero attached hydrogens (tertiary/aromatic N) is 3. The minimum Gasteiger partial charge on any atom is -0.340 e. The standard InChI is InChI=1S/C16H16ClFN4O/c17-13-9-12(4-5-14(13)18)21-15(23)11-3-1-8-22(10-11)16-19-6-2-7-20-16/h2,4-7,9,11H,1,3,8,10H2,(H,21,23). The Kier molecular flexibility index (Phi) is 4.71. The molecule has 1 fully saturated rings. The van der Waals surface area contributed by atoms with Crippen molar-refractivity contribution in [2.45, 2.75) is 12.8 Å². The molecule has 0 bridgehead atoms. The largest absolute Gasteiger partial charge is 0.340 e. The summed E-state index contributed by atoms with van der Waals surface area (Å²) in [7, 11) is 0. The molecule has 1 amide bonds. The number of halogens is 2. The number of hydrogen-bond acceptors (Lipinski definition) is 4. The first-order valence-corrected chi connectivity index (χ1v) is 7.79. The number of benzene rings is 1. The number of aromatic nitrogens is 2. The van der Waals surface area contributed by atoms with Gasteiger partial charge >= 0.3 is 0 Å². The molecular weight excluding hydrogens is 319 g/mol. The molecule has 0 radical (unpaired) electrons. The molecule has 1 saturated heterocycles. The van der Waals surface area contributed by atoms with Crippen LogP contribution in [0.1, 0.15) is 12.8 Å². The summed E-state index contributed by atoms with van der Waals surface area (Å²) in [6, 6.07) is 5.91. The highest BCUT2D eigenvalue weighted by Gasteiger charge is 2.27. The number of amides is 1. The maximum Gasteiger partial charge on any atom is 0.229 e. The SMILES string of the molecule is O=C(Nc1ccc(F)c(Cl)c1)C1CCCN(c2ncccn2)C1. The molecule has 7 heteroatoms. The molecule has 2 aromatic rings. The number of piperidine rings is 1. The first-order valence-electron chi connectivity index (χ1n) is 7.41. The summed E-state index contributed by atoms with van der Waals surface area (Å²) in [6.45, 7) is 1.39. The van der Waals surface area contributed by atoms with Gasteiger partial charge in [0.1, 0.15) is 5.82 Å². The Morgan fingerprint density at radius 3 is 2.87 bits per heavy atom. The van der Waals surface area contributed by atoms with E-state index in [1.807, 2.05) is 4.90 Å². The van der Waals surface area contributed by atoms with Crippen molar-refractivity contribution in [2.75, 3.05) is 23.3 Å². The van der Waals surface area contributed by atoms with Crippen LogP contribution in [0.3, 0.4) is 0 Å². The molecule has 1 N–H and O–H groups in total. The summed E-state index contributed by atoms with van der Waals surface area (Å²) in [5, 5.41) is 2.79. The predicted octanol–water partition coefficient (Wildman–Crippen LogP) is 3.12. The molecule has 5 nitrogen and oxygen atoms in total. The Labute approximate surface area is 138 Å². The summed E-state index contributed by atoms with van der Waals surface area (Å²) < 4.78 is 13.2. The molecule has 1 aliphatic rings. The first kappa shape index (κ1) is 15.7. The van der Waals surface area contributed by atoms with Crippen LogP contribution in [0, 0.1) is 11.7 Å². The van der Waals surface area contributed by atoms with Crippen molar-refractivity contribution >= 4 is 29.1 Å². The average molecular weight is 335 g/mol. The van der Waals surface area contributed by atoms with Gasteiger partial charge in [-0.05, 0) is 37.1 Å². The molecule has 2 heterocycles. The lowest BCUT2D eigenvalue weighted by Gasteiger charge is -2.31. The van der Waals surface area contributed by atoms with Crippen molar-refractivity contribution in [2.24, 2.45) is 5.92 Å². The van der Waals surface area contributed by atoms with Crippen molar-refractivity contribution < 1.29 is 9.18 Å². The highest BCUT2D eigenvalue weighted by atomic mass is 35.5. The van der Waals surface area contributed by atoms with Crippen LogP contribution in [0.15, 0.2) is 36.7 Å². The summed E-state index contributed by atoms with van der Waals surface area (Å²) in [5.74, 6) is -0.144. The summed E-state index contributed by atoms with van der Waals surface area (Å²) in [4.78, 5) is 22.9. The van der Waals surface area contributed by atoms with Crippen molar-refractivity contribution in [1.82, 2.24) is 9.97 Å². The van der Waals surface area contributed by atoms with E-state index in [9.17, 15) is 9.18 Å². The topological polar surface area (TPSA) is 58.1 Å². The van der Waals surface area contributed by atoms with Gasteiger partial charge in [0, 0.05) is 31.2 Å². The van der Waals surface area contributed by atoms with Crippen LogP contribution in [-0.4, -0.2) is 29.0 Å². The second kappa shape index (κ2) is 6.91. The predicted molar refractivity (Wildman–Crippen MR) is 87.0 cm³/mol. The third kappa shape index (κ3) is 3.76. The lowest BCUT2D eigenvalue weighted by atomic mass is 9.97. The van der Waals surface area contributed by atoms with Gasteiger partial charge in [0.15, 0.2) is 0 Å². The molecule has 0 aliphatic carbocycles. The Morgan fingerprint density at radius 2 is 2.13 bits per heavy atom. The number of hydrogen-bond donors (Lipinski definition) is 1. The van der Waals surface area contributed by atoms with Gasteiger partial charge in [0.2, 0.25) is 11.9 Å². The second-order valence-corrected chi connectivity index (χ2v) is 5.86. The molecule has 120 valence electrons. The number of anilines is 2. The number of carbonyl (C=O) groups excluding carboxylic acids is 1. The molecule has 0 saturated carbocycles. The molecule has 23 heavy (non-hydrogen) atoms. The first-order chi connectivity index (χ1) is 11.1. The van der Waals surface area contributed by atoms with Gasteiger partial charge < -0.3 is 10.2 Å². The quantitative estimate of drug-likeness (QED) is 0.937. The van der Waals surface area contributed by atoms with Crippen molar-refractivity contribution in [3.8, 4) is 0 Å². The van der Waals surface area contributed by atoms with E-state index >= 15 is 0 Å². The van der Waals surface area contributed by atoms with Crippen LogP contribution in [0.5, 0.6) is 0 Å². The summed E-state index contributed by atoms with van der Waals surface area (Å²) in [5.41, 5.74) is 0.495. The van der Waals surface area contributed by atoms with Gasteiger partial charge in [0.25, 0.3) is 0 Å². The van der Waals surface area contributed by atoms with Gasteiger partial charge in [0.05, 0.1) is 10.9 Å². The summed E-state index contributed by atoms with van der Waals surface area (Å²) in [6.07, 6.45) is 5.06. The van der Waals surface area contributed by atoms with Gasteiger partial charge in [-0.25, -0.2) is 14.4 Å². The zero-order valence-electron chi connectivity index (χ0n) is 12.4. The Bertz CT molecular complexity index is 698. The molecule has 0 spiro atoms. The molecule has 1 atom stereocenters.